The van der Waals surface area contributed by atoms with Gasteiger partial charge in [-0.1, -0.05) is 41.5 Å². The molecule has 0 saturated carbocycles. The van der Waals surface area contributed by atoms with Gasteiger partial charge in [-0.3, -0.25) is 4.79 Å². The smallest absolute Gasteiger partial charge is 0.251 e. The first-order valence-electron chi connectivity index (χ1n) is 8.61. The normalized spacial score (nSPS) is 13.8. The van der Waals surface area contributed by atoms with Crippen molar-refractivity contribution in [3.8, 4) is 0 Å². The zero-order valence-corrected chi connectivity index (χ0v) is 16.5. The largest absolute Gasteiger partial charge is 0.349 e. The predicted molar refractivity (Wildman–Crippen MR) is 99.0 cm³/mol. The van der Waals surface area contributed by atoms with Crippen molar-refractivity contribution >= 4 is 15.7 Å². The van der Waals surface area contributed by atoms with Gasteiger partial charge < -0.3 is 5.32 Å². The van der Waals surface area contributed by atoms with Crippen LogP contribution in [0, 0.1) is 11.3 Å². The molecule has 0 aliphatic rings. The molecule has 1 atom stereocenters. The summed E-state index contributed by atoms with van der Waals surface area (Å²) in [4.78, 5) is 12.8. The molecule has 0 aromatic heterocycles. The molecule has 0 saturated heterocycles. The van der Waals surface area contributed by atoms with Gasteiger partial charge in [-0.15, -0.1) is 0 Å². The first-order chi connectivity index (χ1) is 11.0. The van der Waals surface area contributed by atoms with E-state index in [1.807, 2.05) is 0 Å². The third kappa shape index (κ3) is 5.93. The van der Waals surface area contributed by atoms with Gasteiger partial charge in [0, 0.05) is 11.6 Å². The first-order valence-corrected chi connectivity index (χ1v) is 10.3. The summed E-state index contributed by atoms with van der Waals surface area (Å²) in [5.41, 5.74) is 0.458. The summed E-state index contributed by atoms with van der Waals surface area (Å²) in [7, 11) is -3.24. The number of carbonyl (C=O) groups is 1. The van der Waals surface area contributed by atoms with E-state index in [-0.39, 0.29) is 28.0 Å². The number of sulfone groups is 1. The van der Waals surface area contributed by atoms with E-state index < -0.39 is 9.84 Å². The molecule has 5 heteroatoms. The summed E-state index contributed by atoms with van der Waals surface area (Å²) in [6.45, 7) is 12.3. The van der Waals surface area contributed by atoms with Crippen LogP contribution in [0.5, 0.6) is 0 Å². The number of carbonyl (C=O) groups excluding carboxylic acids is 1. The minimum Gasteiger partial charge on any atom is -0.349 e. The van der Waals surface area contributed by atoms with Gasteiger partial charge in [-0.05, 0) is 48.4 Å². The molecule has 4 nitrogen and oxygen atoms in total. The predicted octanol–water partition coefficient (Wildman–Crippen LogP) is 4.06. The SMILES string of the molecule is CCS(=O)(=O)c1ccc(C(=O)NC(CCC(C)C)C(C)(C)C)cc1. The van der Waals surface area contributed by atoms with Crippen LogP contribution in [-0.4, -0.2) is 26.1 Å². The molecule has 1 aromatic rings. The maximum absolute atomic E-state index is 12.5. The molecule has 1 aromatic carbocycles. The van der Waals surface area contributed by atoms with E-state index in [1.165, 1.54) is 12.1 Å². The zero-order chi connectivity index (χ0) is 18.5. The fourth-order valence-electron chi connectivity index (χ4n) is 2.44. The van der Waals surface area contributed by atoms with E-state index in [4.69, 9.17) is 0 Å². The van der Waals surface area contributed by atoms with E-state index in [0.717, 1.165) is 12.8 Å². The molecule has 1 rings (SSSR count). The lowest BCUT2D eigenvalue weighted by Gasteiger charge is -2.32. The number of benzene rings is 1. The highest BCUT2D eigenvalue weighted by atomic mass is 32.2. The first kappa shape index (κ1) is 20.7. The molecule has 0 spiro atoms. The second-order valence-electron chi connectivity index (χ2n) is 7.79. The zero-order valence-electron chi connectivity index (χ0n) is 15.7. The van der Waals surface area contributed by atoms with Crippen LogP contribution in [0.4, 0.5) is 0 Å². The minimum atomic E-state index is -3.24. The Morgan fingerprint density at radius 1 is 1.08 bits per heavy atom. The number of nitrogens with one attached hydrogen (secondary N) is 1. The lowest BCUT2D eigenvalue weighted by molar-refractivity contribution is 0.0894. The molecule has 0 heterocycles. The maximum atomic E-state index is 12.5. The van der Waals surface area contributed by atoms with Crippen molar-refractivity contribution < 1.29 is 13.2 Å². The van der Waals surface area contributed by atoms with Crippen LogP contribution in [0.15, 0.2) is 29.2 Å². The summed E-state index contributed by atoms with van der Waals surface area (Å²) in [6, 6.07) is 6.26. The van der Waals surface area contributed by atoms with Gasteiger partial charge >= 0.3 is 0 Å². The van der Waals surface area contributed by atoms with Crippen LogP contribution in [-0.2, 0) is 9.84 Å². The Morgan fingerprint density at radius 3 is 2.04 bits per heavy atom. The second kappa shape index (κ2) is 8.15. The third-order valence-corrected chi connectivity index (χ3v) is 5.99. The monoisotopic (exact) mass is 353 g/mol. The Bertz CT molecular complexity index is 640. The van der Waals surface area contributed by atoms with Crippen molar-refractivity contribution in [1.82, 2.24) is 5.32 Å². The molecule has 1 N–H and O–H groups in total. The average molecular weight is 354 g/mol. The van der Waals surface area contributed by atoms with E-state index >= 15 is 0 Å². The fraction of sp³-hybridized carbons (Fsp3) is 0.632. The fourth-order valence-corrected chi connectivity index (χ4v) is 3.33. The number of amides is 1. The van der Waals surface area contributed by atoms with Gasteiger partial charge in [0.15, 0.2) is 9.84 Å². The summed E-state index contributed by atoms with van der Waals surface area (Å²) >= 11 is 0. The molecule has 0 radical (unpaired) electrons. The molecule has 0 fully saturated rings. The van der Waals surface area contributed by atoms with E-state index in [0.29, 0.717) is 11.5 Å². The van der Waals surface area contributed by atoms with Crippen molar-refractivity contribution in [2.24, 2.45) is 11.3 Å². The van der Waals surface area contributed by atoms with E-state index in [2.05, 4.69) is 39.9 Å². The number of hydrogen-bond donors (Lipinski definition) is 1. The highest BCUT2D eigenvalue weighted by Crippen LogP contribution is 2.25. The summed E-state index contributed by atoms with van der Waals surface area (Å²) in [6.07, 6.45) is 1.98. The van der Waals surface area contributed by atoms with Gasteiger partial charge in [-0.25, -0.2) is 8.42 Å². The Kier molecular flexibility index (Phi) is 7.02. The molecule has 1 unspecified atom stereocenters. The van der Waals surface area contributed by atoms with Crippen LogP contribution in [0.3, 0.4) is 0 Å². The van der Waals surface area contributed by atoms with Crippen molar-refractivity contribution in [3.05, 3.63) is 29.8 Å². The van der Waals surface area contributed by atoms with Crippen LogP contribution in [0.2, 0.25) is 0 Å². The molecule has 24 heavy (non-hydrogen) atoms. The van der Waals surface area contributed by atoms with E-state index in [1.54, 1.807) is 19.1 Å². The van der Waals surface area contributed by atoms with Crippen LogP contribution < -0.4 is 5.32 Å². The second-order valence-corrected chi connectivity index (χ2v) is 10.1. The highest BCUT2D eigenvalue weighted by molar-refractivity contribution is 7.91. The Balaban J connectivity index is 2.88. The Hall–Kier alpha value is -1.36. The van der Waals surface area contributed by atoms with Gasteiger partial charge in [0.1, 0.15) is 0 Å². The van der Waals surface area contributed by atoms with Crippen molar-refractivity contribution in [2.75, 3.05) is 5.75 Å². The lowest BCUT2D eigenvalue weighted by atomic mass is 9.82. The third-order valence-electron chi connectivity index (χ3n) is 4.24. The molecular formula is C19H31NO3S. The highest BCUT2D eigenvalue weighted by Gasteiger charge is 2.26. The molecule has 0 aliphatic heterocycles. The maximum Gasteiger partial charge on any atom is 0.251 e. The Morgan fingerprint density at radius 2 is 1.62 bits per heavy atom. The van der Waals surface area contributed by atoms with Gasteiger partial charge in [0.2, 0.25) is 0 Å². The van der Waals surface area contributed by atoms with Crippen LogP contribution >= 0.6 is 0 Å². The molecule has 0 aliphatic carbocycles. The molecule has 136 valence electrons. The molecule has 1 amide bonds. The van der Waals surface area contributed by atoms with Gasteiger partial charge in [-0.2, -0.15) is 0 Å². The van der Waals surface area contributed by atoms with Crippen LogP contribution in [0.1, 0.15) is 64.7 Å². The number of rotatable bonds is 7. The topological polar surface area (TPSA) is 63.2 Å². The minimum absolute atomic E-state index is 0.0317. The quantitative estimate of drug-likeness (QED) is 0.804. The van der Waals surface area contributed by atoms with Crippen LogP contribution in [0.25, 0.3) is 0 Å². The summed E-state index contributed by atoms with van der Waals surface area (Å²) in [5, 5.41) is 3.11. The van der Waals surface area contributed by atoms with Gasteiger partial charge in [0.05, 0.1) is 10.6 Å². The Labute approximate surface area is 147 Å². The van der Waals surface area contributed by atoms with Gasteiger partial charge in [0.25, 0.3) is 5.91 Å². The van der Waals surface area contributed by atoms with E-state index in [9.17, 15) is 13.2 Å². The number of hydrogen-bond acceptors (Lipinski definition) is 3. The summed E-state index contributed by atoms with van der Waals surface area (Å²) < 4.78 is 23.7. The standard InChI is InChI=1S/C19H31NO3S/c1-7-24(22,23)16-11-9-15(10-12-16)18(21)20-17(19(4,5)6)13-8-14(2)3/h9-12,14,17H,7-8,13H2,1-6H3,(H,20,21). The summed E-state index contributed by atoms with van der Waals surface area (Å²) in [5.74, 6) is 0.490. The average Bonchev–Trinajstić information content (AvgIpc) is 2.50. The van der Waals surface area contributed by atoms with Crippen molar-refractivity contribution in [1.29, 1.82) is 0 Å². The van der Waals surface area contributed by atoms with Crippen molar-refractivity contribution in [2.45, 2.75) is 65.3 Å². The lowest BCUT2D eigenvalue weighted by Crippen LogP contribution is -2.43. The molecule has 0 bridgehead atoms. The molecular weight excluding hydrogens is 322 g/mol. The van der Waals surface area contributed by atoms with Crippen molar-refractivity contribution in [3.63, 3.8) is 0 Å².